The Balaban J connectivity index is 1.28. The minimum absolute atomic E-state index is 0.106. The molecule has 1 aliphatic rings. The zero-order valence-electron chi connectivity index (χ0n) is 20.2. The Bertz CT molecular complexity index is 1240. The number of piperazine rings is 1. The lowest BCUT2D eigenvalue weighted by molar-refractivity contribution is 0.0751. The quantitative estimate of drug-likeness (QED) is 0.306. The van der Waals surface area contributed by atoms with E-state index in [1.54, 1.807) is 30.3 Å². The predicted molar refractivity (Wildman–Crippen MR) is 147 cm³/mol. The van der Waals surface area contributed by atoms with Crippen LogP contribution in [-0.4, -0.2) is 42.9 Å². The number of thiophene rings is 1. The Morgan fingerprint density at radius 3 is 2.33 bits per heavy atom. The van der Waals surface area contributed by atoms with Gasteiger partial charge in [0.2, 0.25) is 0 Å². The summed E-state index contributed by atoms with van der Waals surface area (Å²) in [6, 6.07) is 18.6. The molecule has 0 unspecified atom stereocenters. The molecule has 0 radical (unpaired) electrons. The van der Waals surface area contributed by atoms with E-state index in [9.17, 15) is 9.59 Å². The molecule has 2 aromatic carbocycles. The molecule has 0 saturated carbocycles. The zero-order valence-corrected chi connectivity index (χ0v) is 21.0. The van der Waals surface area contributed by atoms with Gasteiger partial charge in [-0.25, -0.2) is 0 Å². The number of carbonyl (C=O) groups is 2. The molecule has 0 spiro atoms. The summed E-state index contributed by atoms with van der Waals surface area (Å²) in [7, 11) is 0. The number of nitrogens with zero attached hydrogens (tertiary/aromatic N) is 2. The number of benzene rings is 2. The number of hydrogen-bond acceptors (Lipinski definition) is 5. The minimum atomic E-state index is -0.184. The molecule has 0 bridgehead atoms. The van der Waals surface area contributed by atoms with E-state index in [-0.39, 0.29) is 11.8 Å². The van der Waals surface area contributed by atoms with Gasteiger partial charge in [0.25, 0.3) is 11.8 Å². The molecule has 0 atom stereocenters. The van der Waals surface area contributed by atoms with Gasteiger partial charge in [-0.1, -0.05) is 30.9 Å². The number of anilines is 2. The van der Waals surface area contributed by atoms with Gasteiger partial charge in [-0.3, -0.25) is 9.59 Å². The summed E-state index contributed by atoms with van der Waals surface area (Å²) in [5.74, 6) is 1.32. The van der Waals surface area contributed by atoms with Crippen molar-refractivity contribution in [1.82, 2.24) is 4.90 Å². The van der Waals surface area contributed by atoms with E-state index in [4.69, 9.17) is 4.74 Å². The summed E-state index contributed by atoms with van der Waals surface area (Å²) in [6.45, 7) is 8.42. The minimum Gasteiger partial charge on any atom is -0.462 e. The summed E-state index contributed by atoms with van der Waals surface area (Å²) < 4.78 is 5.74. The van der Waals surface area contributed by atoms with E-state index in [1.165, 1.54) is 11.3 Å². The van der Waals surface area contributed by atoms with E-state index in [0.29, 0.717) is 24.4 Å². The van der Waals surface area contributed by atoms with Gasteiger partial charge in [-0.15, -0.1) is 11.3 Å². The molecule has 184 valence electrons. The van der Waals surface area contributed by atoms with Crippen LogP contribution in [0.2, 0.25) is 0 Å². The topological polar surface area (TPSA) is 61.9 Å². The molecule has 2 heterocycles. The first-order chi connectivity index (χ1) is 17.5. The van der Waals surface area contributed by atoms with Crippen molar-refractivity contribution >= 4 is 34.5 Å². The van der Waals surface area contributed by atoms with Crippen molar-refractivity contribution in [1.29, 1.82) is 0 Å². The Morgan fingerprint density at radius 2 is 1.69 bits per heavy atom. The average Bonchev–Trinajstić information content (AvgIpc) is 3.45. The summed E-state index contributed by atoms with van der Waals surface area (Å²) in [6.07, 6.45) is 7.21. The molecule has 1 fully saturated rings. The van der Waals surface area contributed by atoms with Crippen LogP contribution in [0.5, 0.6) is 5.75 Å². The molecule has 1 aromatic heterocycles. The highest BCUT2D eigenvalue weighted by Crippen LogP contribution is 2.22. The predicted octanol–water partition coefficient (Wildman–Crippen LogP) is 5.99. The maximum atomic E-state index is 12.7. The van der Waals surface area contributed by atoms with Crippen molar-refractivity contribution < 1.29 is 14.3 Å². The monoisotopic (exact) mass is 499 g/mol. The first-order valence-corrected chi connectivity index (χ1v) is 12.6. The third-order valence-corrected chi connectivity index (χ3v) is 6.62. The second kappa shape index (κ2) is 12.0. The maximum Gasteiger partial charge on any atom is 0.264 e. The molecule has 7 heteroatoms. The van der Waals surface area contributed by atoms with Crippen molar-refractivity contribution in [2.45, 2.75) is 6.92 Å². The van der Waals surface area contributed by atoms with Gasteiger partial charge >= 0.3 is 0 Å². The smallest absolute Gasteiger partial charge is 0.264 e. The highest BCUT2D eigenvalue weighted by molar-refractivity contribution is 7.12. The standard InChI is InChI=1S/C29H29N3O3S/c1-3-4-5-7-22(2)35-26-15-9-23(10-16-26)28(33)30-24-11-13-25(14-12-24)31-17-19-32(20-18-31)29(34)27-8-6-21-36-27/h3-16,21H,1,17-20H2,2H3,(H,30,33)/b5-4-,22-7+. The summed E-state index contributed by atoms with van der Waals surface area (Å²) in [4.78, 5) is 30.2. The van der Waals surface area contributed by atoms with Crippen LogP contribution in [0, 0.1) is 0 Å². The van der Waals surface area contributed by atoms with E-state index in [0.717, 1.165) is 35.1 Å². The molecular formula is C29H29N3O3S. The Labute approximate surface area is 215 Å². The Morgan fingerprint density at radius 1 is 0.972 bits per heavy atom. The fourth-order valence-electron chi connectivity index (χ4n) is 3.85. The molecule has 0 aliphatic carbocycles. The van der Waals surface area contributed by atoms with Crippen molar-refractivity contribution in [2.24, 2.45) is 0 Å². The van der Waals surface area contributed by atoms with Gasteiger partial charge in [0.1, 0.15) is 11.5 Å². The Hall–Kier alpha value is -4.10. The maximum absolute atomic E-state index is 12.7. The van der Waals surface area contributed by atoms with Crippen LogP contribution in [0.1, 0.15) is 27.0 Å². The van der Waals surface area contributed by atoms with Gasteiger partial charge in [0, 0.05) is 43.1 Å². The molecule has 1 saturated heterocycles. The highest BCUT2D eigenvalue weighted by atomic mass is 32.1. The van der Waals surface area contributed by atoms with Crippen molar-refractivity contribution in [3.8, 4) is 5.75 Å². The lowest BCUT2D eigenvalue weighted by atomic mass is 10.2. The van der Waals surface area contributed by atoms with Gasteiger partial charge in [-0.2, -0.15) is 0 Å². The van der Waals surface area contributed by atoms with Gasteiger partial charge in [-0.05, 0) is 73.0 Å². The first-order valence-electron chi connectivity index (χ1n) is 11.8. The number of allylic oxidation sites excluding steroid dienone is 5. The third-order valence-electron chi connectivity index (χ3n) is 5.76. The molecule has 36 heavy (non-hydrogen) atoms. The summed E-state index contributed by atoms with van der Waals surface area (Å²) in [5, 5.41) is 4.87. The first kappa shape index (κ1) is 25.0. The number of ether oxygens (including phenoxy) is 1. The SMILES string of the molecule is C=C/C=C\C=C(/C)Oc1ccc(C(=O)Nc2ccc(N3CCN(C(=O)c4cccs4)CC3)cc2)cc1. The lowest BCUT2D eigenvalue weighted by Crippen LogP contribution is -2.48. The van der Waals surface area contributed by atoms with Crippen LogP contribution in [0.15, 0.2) is 103 Å². The second-order valence-electron chi connectivity index (χ2n) is 8.28. The third kappa shape index (κ3) is 6.52. The fourth-order valence-corrected chi connectivity index (χ4v) is 4.54. The van der Waals surface area contributed by atoms with Crippen molar-refractivity contribution in [3.05, 3.63) is 113 Å². The van der Waals surface area contributed by atoms with E-state index >= 15 is 0 Å². The highest BCUT2D eigenvalue weighted by Gasteiger charge is 2.22. The number of rotatable bonds is 8. The molecular weight excluding hydrogens is 470 g/mol. The van der Waals surface area contributed by atoms with Gasteiger partial charge < -0.3 is 19.9 Å². The molecule has 2 amide bonds. The number of hydrogen-bond donors (Lipinski definition) is 1. The van der Waals surface area contributed by atoms with Crippen LogP contribution in [0.25, 0.3) is 0 Å². The fraction of sp³-hybridized carbons (Fsp3) is 0.172. The van der Waals surface area contributed by atoms with Gasteiger partial charge in [0.15, 0.2) is 0 Å². The van der Waals surface area contributed by atoms with Crippen molar-refractivity contribution in [2.75, 3.05) is 36.4 Å². The normalized spacial score (nSPS) is 14.1. The second-order valence-corrected chi connectivity index (χ2v) is 9.23. The van der Waals surface area contributed by atoms with E-state index in [1.807, 2.05) is 71.8 Å². The van der Waals surface area contributed by atoms with Crippen LogP contribution >= 0.6 is 11.3 Å². The Kier molecular flexibility index (Phi) is 8.36. The molecule has 3 aromatic rings. The van der Waals surface area contributed by atoms with E-state index in [2.05, 4.69) is 16.8 Å². The summed E-state index contributed by atoms with van der Waals surface area (Å²) in [5.41, 5.74) is 2.35. The number of nitrogens with one attached hydrogen (secondary N) is 1. The van der Waals surface area contributed by atoms with E-state index < -0.39 is 0 Å². The molecule has 1 aliphatic heterocycles. The summed E-state index contributed by atoms with van der Waals surface area (Å²) >= 11 is 1.48. The zero-order chi connectivity index (χ0) is 25.3. The number of carbonyl (C=O) groups excluding carboxylic acids is 2. The number of amides is 2. The molecule has 6 nitrogen and oxygen atoms in total. The van der Waals surface area contributed by atoms with Crippen molar-refractivity contribution in [3.63, 3.8) is 0 Å². The van der Waals surface area contributed by atoms with Crippen LogP contribution in [-0.2, 0) is 0 Å². The van der Waals surface area contributed by atoms with Crippen LogP contribution < -0.4 is 15.0 Å². The van der Waals surface area contributed by atoms with Crippen LogP contribution in [0.4, 0.5) is 11.4 Å². The largest absolute Gasteiger partial charge is 0.462 e. The van der Waals surface area contributed by atoms with Gasteiger partial charge in [0.05, 0.1) is 4.88 Å². The average molecular weight is 500 g/mol. The lowest BCUT2D eigenvalue weighted by Gasteiger charge is -2.36. The van der Waals surface area contributed by atoms with Crippen LogP contribution in [0.3, 0.4) is 0 Å². The molecule has 4 rings (SSSR count). The molecule has 1 N–H and O–H groups in total.